The van der Waals surface area contributed by atoms with Crippen molar-refractivity contribution in [1.82, 2.24) is 14.5 Å². The fraction of sp³-hybridized carbons (Fsp3) is 0.280. The molecule has 1 fully saturated rings. The molecule has 4 heteroatoms. The second kappa shape index (κ2) is 7.70. The number of hydrogen-bond acceptors (Lipinski definition) is 2. The highest BCUT2D eigenvalue weighted by Crippen LogP contribution is 2.24. The van der Waals surface area contributed by atoms with Gasteiger partial charge in [0, 0.05) is 19.5 Å². The monoisotopic (exact) mass is 383 g/mol. The van der Waals surface area contributed by atoms with E-state index in [2.05, 4.69) is 53.1 Å². The largest absolute Gasteiger partial charge is 0.341 e. The predicted octanol–water partition coefficient (Wildman–Crippen LogP) is 4.79. The lowest BCUT2D eigenvalue weighted by Crippen LogP contribution is -2.38. The van der Waals surface area contributed by atoms with Crippen molar-refractivity contribution in [3.63, 3.8) is 0 Å². The van der Waals surface area contributed by atoms with Crippen LogP contribution in [-0.4, -0.2) is 33.4 Å². The van der Waals surface area contributed by atoms with Gasteiger partial charge in [0.1, 0.15) is 12.4 Å². The number of amides is 1. The summed E-state index contributed by atoms with van der Waals surface area (Å²) in [5.74, 6) is 1.15. The van der Waals surface area contributed by atoms with Crippen molar-refractivity contribution < 1.29 is 4.79 Å². The Morgan fingerprint density at radius 1 is 0.862 bits per heavy atom. The van der Waals surface area contributed by atoms with E-state index in [9.17, 15) is 4.79 Å². The Morgan fingerprint density at radius 2 is 1.62 bits per heavy atom. The zero-order chi connectivity index (χ0) is 19.6. The number of nitrogens with zero attached hydrogens (tertiary/aromatic N) is 3. The van der Waals surface area contributed by atoms with Crippen LogP contribution in [0.1, 0.15) is 30.7 Å². The van der Waals surface area contributed by atoms with Crippen LogP contribution in [0.25, 0.3) is 21.8 Å². The number of carbonyl (C=O) groups excluding carboxylic acids is 1. The molecule has 29 heavy (non-hydrogen) atoms. The quantitative estimate of drug-likeness (QED) is 0.508. The zero-order valence-electron chi connectivity index (χ0n) is 16.6. The number of hydrogen-bond donors (Lipinski definition) is 0. The highest BCUT2D eigenvalue weighted by Gasteiger charge is 2.20. The van der Waals surface area contributed by atoms with Crippen LogP contribution < -0.4 is 0 Å². The van der Waals surface area contributed by atoms with E-state index in [1.54, 1.807) is 0 Å². The molecule has 0 bridgehead atoms. The van der Waals surface area contributed by atoms with Gasteiger partial charge in [0.2, 0.25) is 5.91 Å². The van der Waals surface area contributed by atoms with Crippen molar-refractivity contribution in [3.05, 3.63) is 78.1 Å². The number of likely N-dealkylation sites (tertiary alicyclic amines) is 1. The third-order valence-corrected chi connectivity index (χ3v) is 5.96. The molecule has 0 N–H and O–H groups in total. The van der Waals surface area contributed by atoms with Crippen LogP contribution in [0.2, 0.25) is 0 Å². The molecule has 0 aliphatic carbocycles. The van der Waals surface area contributed by atoms with E-state index >= 15 is 0 Å². The second-order valence-corrected chi connectivity index (χ2v) is 7.86. The molecule has 1 amide bonds. The molecule has 1 aliphatic rings. The van der Waals surface area contributed by atoms with Gasteiger partial charge in [0.15, 0.2) is 0 Å². The number of rotatable bonds is 4. The predicted molar refractivity (Wildman–Crippen MR) is 117 cm³/mol. The molecule has 3 aromatic carbocycles. The number of carbonyl (C=O) groups is 1. The fourth-order valence-electron chi connectivity index (χ4n) is 4.43. The molecule has 2 heterocycles. The Hall–Kier alpha value is -3.14. The Bertz CT molecular complexity index is 1170. The van der Waals surface area contributed by atoms with Crippen molar-refractivity contribution in [2.45, 2.75) is 32.2 Å². The number of piperidine rings is 1. The molecule has 0 radical (unpaired) electrons. The second-order valence-electron chi connectivity index (χ2n) is 7.86. The minimum atomic E-state index is 0.201. The zero-order valence-corrected chi connectivity index (χ0v) is 16.6. The van der Waals surface area contributed by atoms with Crippen molar-refractivity contribution in [2.75, 3.05) is 13.1 Å². The summed E-state index contributed by atoms with van der Waals surface area (Å²) in [6.07, 6.45) is 4.16. The lowest BCUT2D eigenvalue weighted by molar-refractivity contribution is -0.132. The molecular weight excluding hydrogens is 358 g/mol. The Balaban J connectivity index is 1.53. The van der Waals surface area contributed by atoms with Gasteiger partial charge in [-0.15, -0.1) is 0 Å². The van der Waals surface area contributed by atoms with E-state index in [-0.39, 0.29) is 5.91 Å². The molecule has 1 aliphatic heterocycles. The highest BCUT2D eigenvalue weighted by atomic mass is 16.2. The van der Waals surface area contributed by atoms with Gasteiger partial charge in [-0.2, -0.15) is 0 Å². The van der Waals surface area contributed by atoms with Crippen LogP contribution in [0.5, 0.6) is 0 Å². The number of fused-ring (bicyclic) bond motifs is 2. The number of para-hydroxylation sites is 2. The summed E-state index contributed by atoms with van der Waals surface area (Å²) >= 11 is 0. The molecule has 0 spiro atoms. The van der Waals surface area contributed by atoms with Crippen LogP contribution >= 0.6 is 0 Å². The van der Waals surface area contributed by atoms with Gasteiger partial charge >= 0.3 is 0 Å². The maximum Gasteiger partial charge on any atom is 0.242 e. The first-order valence-electron chi connectivity index (χ1n) is 10.5. The summed E-state index contributed by atoms with van der Waals surface area (Å²) in [7, 11) is 0. The molecule has 146 valence electrons. The van der Waals surface area contributed by atoms with Gasteiger partial charge in [-0.1, -0.05) is 54.6 Å². The fourth-order valence-corrected chi connectivity index (χ4v) is 4.43. The van der Waals surface area contributed by atoms with E-state index in [4.69, 9.17) is 4.98 Å². The standard InChI is InChI=1S/C25H25N3O/c29-25(27-15-6-1-7-16-27)18-28-23-14-5-4-13-22(23)26-24(28)17-20-11-8-10-19-9-2-3-12-21(19)20/h2-5,8-14H,1,6-7,15-18H2. The molecule has 4 aromatic rings. The molecular formula is C25H25N3O. The van der Waals surface area contributed by atoms with Gasteiger partial charge in [0.25, 0.3) is 0 Å². The summed E-state index contributed by atoms with van der Waals surface area (Å²) in [6, 6.07) is 23.0. The van der Waals surface area contributed by atoms with E-state index in [0.29, 0.717) is 13.0 Å². The van der Waals surface area contributed by atoms with Crippen LogP contribution in [0, 0.1) is 0 Å². The maximum absolute atomic E-state index is 13.0. The topological polar surface area (TPSA) is 38.1 Å². The number of imidazole rings is 1. The van der Waals surface area contributed by atoms with E-state index in [1.165, 1.54) is 22.8 Å². The first kappa shape index (κ1) is 17.9. The Morgan fingerprint density at radius 3 is 2.52 bits per heavy atom. The minimum absolute atomic E-state index is 0.201. The maximum atomic E-state index is 13.0. The SMILES string of the molecule is O=C(Cn1c(Cc2cccc3ccccc23)nc2ccccc21)N1CCCCC1. The summed E-state index contributed by atoms with van der Waals surface area (Å²) in [5.41, 5.74) is 3.23. The Kier molecular flexibility index (Phi) is 4.76. The summed E-state index contributed by atoms with van der Waals surface area (Å²) in [4.78, 5) is 19.9. The van der Waals surface area contributed by atoms with Crippen molar-refractivity contribution >= 4 is 27.7 Å². The molecule has 1 saturated heterocycles. The molecule has 0 unspecified atom stereocenters. The molecule has 0 atom stereocenters. The van der Waals surface area contributed by atoms with Crippen LogP contribution in [0.3, 0.4) is 0 Å². The van der Waals surface area contributed by atoms with Gasteiger partial charge in [-0.3, -0.25) is 4.79 Å². The lowest BCUT2D eigenvalue weighted by atomic mass is 10.0. The summed E-state index contributed by atoms with van der Waals surface area (Å²) in [5, 5.41) is 2.48. The molecule has 1 aromatic heterocycles. The average molecular weight is 383 g/mol. The first-order chi connectivity index (χ1) is 14.3. The van der Waals surface area contributed by atoms with Crippen molar-refractivity contribution in [3.8, 4) is 0 Å². The summed E-state index contributed by atoms with van der Waals surface area (Å²) < 4.78 is 2.12. The number of benzene rings is 3. The van der Waals surface area contributed by atoms with Crippen LogP contribution in [0.4, 0.5) is 0 Å². The van der Waals surface area contributed by atoms with Gasteiger partial charge in [0.05, 0.1) is 11.0 Å². The van der Waals surface area contributed by atoms with Crippen molar-refractivity contribution in [1.29, 1.82) is 0 Å². The van der Waals surface area contributed by atoms with Gasteiger partial charge in [-0.25, -0.2) is 4.98 Å². The van der Waals surface area contributed by atoms with E-state index in [0.717, 1.165) is 42.8 Å². The Labute approximate surface area is 170 Å². The summed E-state index contributed by atoms with van der Waals surface area (Å²) in [6.45, 7) is 2.12. The number of aromatic nitrogens is 2. The lowest BCUT2D eigenvalue weighted by Gasteiger charge is -2.27. The third kappa shape index (κ3) is 3.51. The van der Waals surface area contributed by atoms with Gasteiger partial charge in [-0.05, 0) is 47.7 Å². The third-order valence-electron chi connectivity index (χ3n) is 5.96. The molecule has 0 saturated carbocycles. The van der Waals surface area contributed by atoms with Gasteiger partial charge < -0.3 is 9.47 Å². The smallest absolute Gasteiger partial charge is 0.242 e. The minimum Gasteiger partial charge on any atom is -0.341 e. The highest BCUT2D eigenvalue weighted by molar-refractivity contribution is 5.86. The first-order valence-corrected chi connectivity index (χ1v) is 10.5. The normalized spacial score (nSPS) is 14.6. The van der Waals surface area contributed by atoms with E-state index < -0.39 is 0 Å². The van der Waals surface area contributed by atoms with Crippen LogP contribution in [-0.2, 0) is 17.8 Å². The molecule has 4 nitrogen and oxygen atoms in total. The van der Waals surface area contributed by atoms with Crippen molar-refractivity contribution in [2.24, 2.45) is 0 Å². The van der Waals surface area contributed by atoms with Crippen LogP contribution in [0.15, 0.2) is 66.7 Å². The molecule has 5 rings (SSSR count). The average Bonchev–Trinajstić information content (AvgIpc) is 3.11. The van der Waals surface area contributed by atoms with E-state index in [1.807, 2.05) is 23.1 Å².